The number of ether oxygens (including phenoxy) is 1. The number of hydrogen-bond donors (Lipinski definition) is 0. The first-order chi connectivity index (χ1) is 12.1. The molecule has 0 radical (unpaired) electrons. The molecule has 2 aromatic rings. The zero-order chi connectivity index (χ0) is 17.8. The molecular weight excluding hydrogens is 320 g/mol. The number of rotatable bonds is 4. The minimum absolute atomic E-state index is 0.251. The van der Waals surface area contributed by atoms with Gasteiger partial charge in [0.15, 0.2) is 6.04 Å². The minimum Gasteiger partial charge on any atom is -0.465 e. The molecular formula is C18H16N4O3. The summed E-state index contributed by atoms with van der Waals surface area (Å²) in [6.07, 6.45) is 0. The average Bonchev–Trinajstić information content (AvgIpc) is 2.94. The summed E-state index contributed by atoms with van der Waals surface area (Å²) in [6, 6.07) is 14.9. The molecule has 3 rings (SSSR count). The summed E-state index contributed by atoms with van der Waals surface area (Å²) >= 11 is 0. The van der Waals surface area contributed by atoms with E-state index in [1.165, 1.54) is 12.1 Å². The zero-order valence-corrected chi connectivity index (χ0v) is 13.8. The monoisotopic (exact) mass is 336 g/mol. The van der Waals surface area contributed by atoms with Crippen LogP contribution in [0.5, 0.6) is 0 Å². The fraction of sp³-hybridized carbons (Fsp3) is 0.167. The van der Waals surface area contributed by atoms with E-state index in [0.29, 0.717) is 22.6 Å². The number of amides is 1. The van der Waals surface area contributed by atoms with Gasteiger partial charge in [-0.05, 0) is 43.3 Å². The van der Waals surface area contributed by atoms with E-state index in [-0.39, 0.29) is 5.91 Å². The highest BCUT2D eigenvalue weighted by molar-refractivity contribution is 6.18. The number of esters is 1. The van der Waals surface area contributed by atoms with Gasteiger partial charge in [-0.25, -0.2) is 4.79 Å². The molecule has 1 unspecified atom stereocenters. The Kier molecular flexibility index (Phi) is 4.65. The van der Waals surface area contributed by atoms with Gasteiger partial charge >= 0.3 is 5.97 Å². The van der Waals surface area contributed by atoms with Crippen molar-refractivity contribution in [3.63, 3.8) is 0 Å². The summed E-state index contributed by atoms with van der Waals surface area (Å²) in [5, 5.41) is 13.8. The number of hydrazone groups is 1. The van der Waals surface area contributed by atoms with Crippen LogP contribution in [0.2, 0.25) is 0 Å². The lowest BCUT2D eigenvalue weighted by Gasteiger charge is -2.11. The Balaban J connectivity index is 1.75. The highest BCUT2D eigenvalue weighted by atomic mass is 16.5. The van der Waals surface area contributed by atoms with Crippen LogP contribution in [0.1, 0.15) is 17.3 Å². The summed E-state index contributed by atoms with van der Waals surface area (Å²) in [5.74, 6) is -0.672. The fourth-order valence-electron chi connectivity index (χ4n) is 2.35. The Morgan fingerprint density at radius 3 is 2.44 bits per heavy atom. The maximum atomic E-state index is 12.5. The number of carbonyl (C=O) groups is 2. The molecule has 0 saturated heterocycles. The lowest BCUT2D eigenvalue weighted by molar-refractivity contribution is -0.117. The first kappa shape index (κ1) is 16.5. The van der Waals surface area contributed by atoms with E-state index < -0.39 is 12.0 Å². The fourth-order valence-corrected chi connectivity index (χ4v) is 2.35. The molecule has 0 fully saturated rings. The van der Waals surface area contributed by atoms with Crippen molar-refractivity contribution in [3.8, 4) is 0 Å². The van der Waals surface area contributed by atoms with Crippen molar-refractivity contribution in [2.45, 2.75) is 13.0 Å². The molecule has 1 atom stereocenters. The smallest absolute Gasteiger partial charge is 0.337 e. The number of azo groups is 1. The second-order valence-corrected chi connectivity index (χ2v) is 5.38. The van der Waals surface area contributed by atoms with E-state index in [0.717, 1.165) is 0 Å². The van der Waals surface area contributed by atoms with Gasteiger partial charge in [-0.2, -0.15) is 20.3 Å². The number of para-hydroxylation sites is 1. The van der Waals surface area contributed by atoms with Crippen molar-refractivity contribution in [2.75, 3.05) is 12.1 Å². The quantitative estimate of drug-likeness (QED) is 0.634. The van der Waals surface area contributed by atoms with Gasteiger partial charge in [0, 0.05) is 0 Å². The Morgan fingerprint density at radius 1 is 1.12 bits per heavy atom. The van der Waals surface area contributed by atoms with E-state index in [1.54, 1.807) is 43.3 Å². The van der Waals surface area contributed by atoms with Gasteiger partial charge in [-0.1, -0.05) is 18.2 Å². The molecule has 25 heavy (non-hydrogen) atoms. The molecule has 7 nitrogen and oxygen atoms in total. The van der Waals surface area contributed by atoms with E-state index in [9.17, 15) is 9.59 Å². The van der Waals surface area contributed by atoms with Crippen molar-refractivity contribution < 1.29 is 14.3 Å². The van der Waals surface area contributed by atoms with Crippen molar-refractivity contribution in [3.05, 3.63) is 60.2 Å². The molecule has 2 aromatic carbocycles. The third-order valence-corrected chi connectivity index (χ3v) is 3.67. The Hall–Kier alpha value is -3.35. The lowest BCUT2D eigenvalue weighted by atomic mass is 10.2. The molecule has 1 amide bonds. The highest BCUT2D eigenvalue weighted by Crippen LogP contribution is 2.23. The molecule has 7 heteroatoms. The number of hydrogen-bond acceptors (Lipinski definition) is 6. The van der Waals surface area contributed by atoms with E-state index in [4.69, 9.17) is 0 Å². The van der Waals surface area contributed by atoms with Gasteiger partial charge in [0.1, 0.15) is 0 Å². The van der Waals surface area contributed by atoms with E-state index >= 15 is 0 Å². The van der Waals surface area contributed by atoms with Crippen LogP contribution in [0.3, 0.4) is 0 Å². The molecule has 0 aliphatic carbocycles. The zero-order valence-electron chi connectivity index (χ0n) is 13.8. The van der Waals surface area contributed by atoms with Crippen LogP contribution in [0.15, 0.2) is 69.9 Å². The van der Waals surface area contributed by atoms with Crippen LogP contribution in [0.25, 0.3) is 0 Å². The number of carbonyl (C=O) groups excluding carboxylic acids is 2. The number of methoxy groups -OCH3 is 1. The lowest BCUT2D eigenvalue weighted by Crippen LogP contribution is -2.29. The minimum atomic E-state index is -0.750. The van der Waals surface area contributed by atoms with Crippen molar-refractivity contribution in [1.29, 1.82) is 0 Å². The summed E-state index contributed by atoms with van der Waals surface area (Å²) < 4.78 is 4.64. The van der Waals surface area contributed by atoms with Crippen molar-refractivity contribution >= 4 is 29.0 Å². The largest absolute Gasteiger partial charge is 0.465 e. The van der Waals surface area contributed by atoms with Crippen LogP contribution in [-0.4, -0.2) is 30.7 Å². The molecule has 1 aliphatic rings. The third kappa shape index (κ3) is 3.45. The Bertz CT molecular complexity index is 844. The second kappa shape index (κ2) is 7.04. The number of nitrogens with zero attached hydrogens (tertiary/aromatic N) is 4. The van der Waals surface area contributed by atoms with Gasteiger partial charge in [0.2, 0.25) is 0 Å². The first-order valence-corrected chi connectivity index (χ1v) is 7.63. The van der Waals surface area contributed by atoms with Gasteiger partial charge in [-0.15, -0.1) is 0 Å². The van der Waals surface area contributed by atoms with Crippen molar-refractivity contribution in [1.82, 2.24) is 0 Å². The maximum Gasteiger partial charge on any atom is 0.337 e. The van der Waals surface area contributed by atoms with Crippen LogP contribution >= 0.6 is 0 Å². The SMILES string of the molecule is COC(=O)c1ccc(/N=N/C2C(=O)N(c3ccccc3)N=C2C)cc1. The standard InChI is InChI=1S/C18H16N4O3/c1-12-16(17(23)22(21-12)15-6-4-3-5-7-15)20-19-14-10-8-13(9-11-14)18(24)25-2/h3-11,16H,1-2H3/b20-19+. The summed E-state index contributed by atoms with van der Waals surface area (Å²) in [6.45, 7) is 1.74. The Labute approximate surface area is 144 Å². The van der Waals surface area contributed by atoms with Gasteiger partial charge in [0.25, 0.3) is 5.91 Å². The summed E-state index contributed by atoms with van der Waals surface area (Å²) in [5.41, 5.74) is 2.22. The van der Waals surface area contributed by atoms with Gasteiger partial charge < -0.3 is 4.74 Å². The molecule has 0 bridgehead atoms. The predicted octanol–water partition coefficient (Wildman–Crippen LogP) is 3.35. The molecule has 0 N–H and O–H groups in total. The molecule has 1 heterocycles. The highest BCUT2D eigenvalue weighted by Gasteiger charge is 2.34. The van der Waals surface area contributed by atoms with E-state index in [2.05, 4.69) is 20.1 Å². The average molecular weight is 336 g/mol. The van der Waals surface area contributed by atoms with Crippen LogP contribution in [0.4, 0.5) is 11.4 Å². The van der Waals surface area contributed by atoms with Crippen LogP contribution in [-0.2, 0) is 9.53 Å². The number of benzene rings is 2. The topological polar surface area (TPSA) is 83.7 Å². The third-order valence-electron chi connectivity index (χ3n) is 3.67. The van der Waals surface area contributed by atoms with E-state index in [1.807, 2.05) is 18.2 Å². The van der Waals surface area contributed by atoms with Crippen molar-refractivity contribution in [2.24, 2.45) is 15.3 Å². The first-order valence-electron chi connectivity index (χ1n) is 7.63. The van der Waals surface area contributed by atoms with Crippen LogP contribution in [0, 0.1) is 0 Å². The molecule has 0 saturated carbocycles. The molecule has 1 aliphatic heterocycles. The number of anilines is 1. The maximum absolute atomic E-state index is 12.5. The van der Waals surface area contributed by atoms with Gasteiger partial charge in [-0.3, -0.25) is 4.79 Å². The summed E-state index contributed by atoms with van der Waals surface area (Å²) in [7, 11) is 1.32. The molecule has 126 valence electrons. The molecule has 0 aromatic heterocycles. The molecule has 0 spiro atoms. The Morgan fingerprint density at radius 2 is 1.80 bits per heavy atom. The van der Waals surface area contributed by atoms with Crippen LogP contribution < -0.4 is 5.01 Å². The normalized spacial score (nSPS) is 17.0. The second-order valence-electron chi connectivity index (χ2n) is 5.38. The van der Waals surface area contributed by atoms with Gasteiger partial charge in [0.05, 0.1) is 29.8 Å². The summed E-state index contributed by atoms with van der Waals surface area (Å²) in [4.78, 5) is 23.9. The predicted molar refractivity (Wildman–Crippen MR) is 93.1 cm³/mol.